The second-order valence-corrected chi connectivity index (χ2v) is 2.92. The zero-order valence-corrected chi connectivity index (χ0v) is 9.50. The molecular weight excluding hydrogens is 230 g/mol. The van der Waals surface area contributed by atoms with E-state index in [4.69, 9.17) is 5.11 Å². The van der Waals surface area contributed by atoms with E-state index in [1.165, 1.54) is 12.0 Å². The molecule has 0 bridgehead atoms. The first-order chi connectivity index (χ1) is 5.86. The van der Waals surface area contributed by atoms with Gasteiger partial charge in [-0.25, -0.2) is 4.57 Å². The number of hydrogen-bond acceptors (Lipinski definition) is 1. The third kappa shape index (κ3) is 4.39. The highest BCUT2D eigenvalue weighted by Crippen LogP contribution is 1.97. The molecule has 1 rings (SSSR count). The van der Waals surface area contributed by atoms with Gasteiger partial charge in [-0.3, -0.25) is 0 Å². The van der Waals surface area contributed by atoms with Crippen LogP contribution in [-0.4, -0.2) is 11.7 Å². The lowest BCUT2D eigenvalue weighted by Gasteiger charge is -1.97. The first-order valence-corrected chi connectivity index (χ1v) is 4.45. The van der Waals surface area contributed by atoms with Crippen molar-refractivity contribution in [2.45, 2.75) is 26.3 Å². The quantitative estimate of drug-likeness (QED) is 0.606. The molecule has 2 nitrogen and oxygen atoms in total. The molecule has 0 spiro atoms. The summed E-state index contributed by atoms with van der Waals surface area (Å²) >= 11 is 0. The maximum Gasteiger partial charge on any atom is 0.172 e. The fourth-order valence-electron chi connectivity index (χ4n) is 1.27. The zero-order valence-electron chi connectivity index (χ0n) is 7.91. The molecule has 0 unspecified atom stereocenters. The minimum atomic E-state index is 0. The normalized spacial score (nSPS) is 9.38. The van der Waals surface area contributed by atoms with Crippen molar-refractivity contribution in [3.8, 4) is 0 Å². The minimum Gasteiger partial charge on any atom is -1.00 e. The first-order valence-electron chi connectivity index (χ1n) is 4.45. The molecular formula is C10H16BrNO. The maximum absolute atomic E-state index is 8.72. The van der Waals surface area contributed by atoms with Gasteiger partial charge in [-0.2, -0.15) is 0 Å². The standard InChI is InChI=1S/C10H16NO.BrH/c1-2-4-10-5-3-6-11(9-10)7-8-12;/h3,5-6,9,12H,2,4,7-8H2,1H3;1H/q+1;/p-1. The summed E-state index contributed by atoms with van der Waals surface area (Å²) in [7, 11) is 0. The molecule has 0 aliphatic carbocycles. The Labute approximate surface area is 90.0 Å². The van der Waals surface area contributed by atoms with Gasteiger partial charge in [-0.15, -0.1) is 0 Å². The van der Waals surface area contributed by atoms with Crippen LogP contribution < -0.4 is 21.5 Å². The van der Waals surface area contributed by atoms with Crippen molar-refractivity contribution in [1.29, 1.82) is 0 Å². The SMILES string of the molecule is CCCc1ccc[n+](CCO)c1.[Br-]. The topological polar surface area (TPSA) is 24.1 Å². The Hall–Kier alpha value is -0.410. The van der Waals surface area contributed by atoms with Gasteiger partial charge in [0, 0.05) is 11.6 Å². The van der Waals surface area contributed by atoms with E-state index in [9.17, 15) is 0 Å². The minimum absolute atomic E-state index is 0. The molecule has 0 amide bonds. The van der Waals surface area contributed by atoms with Crippen LogP contribution in [0.4, 0.5) is 0 Å². The summed E-state index contributed by atoms with van der Waals surface area (Å²) in [6.07, 6.45) is 6.37. The van der Waals surface area contributed by atoms with Gasteiger partial charge >= 0.3 is 0 Å². The van der Waals surface area contributed by atoms with Crippen LogP contribution in [0.15, 0.2) is 24.5 Å². The number of rotatable bonds is 4. The van der Waals surface area contributed by atoms with Gasteiger partial charge in [0.1, 0.15) is 6.61 Å². The molecule has 1 aromatic rings. The summed E-state index contributed by atoms with van der Waals surface area (Å²) in [5, 5.41) is 8.72. The van der Waals surface area contributed by atoms with Crippen LogP contribution in [0.5, 0.6) is 0 Å². The Balaban J connectivity index is 0.00000144. The van der Waals surface area contributed by atoms with E-state index in [1.54, 1.807) is 0 Å². The number of aliphatic hydroxyl groups excluding tert-OH is 1. The van der Waals surface area contributed by atoms with Crippen LogP contribution in [0.3, 0.4) is 0 Å². The van der Waals surface area contributed by atoms with E-state index in [0.29, 0.717) is 6.54 Å². The Bertz CT molecular complexity index is 219. The summed E-state index contributed by atoms with van der Waals surface area (Å²) in [6, 6.07) is 4.15. The van der Waals surface area contributed by atoms with Crippen LogP contribution in [0, 0.1) is 0 Å². The molecule has 13 heavy (non-hydrogen) atoms. The third-order valence-corrected chi connectivity index (χ3v) is 1.82. The van der Waals surface area contributed by atoms with Gasteiger partial charge in [0.25, 0.3) is 0 Å². The van der Waals surface area contributed by atoms with Crippen LogP contribution in [0.1, 0.15) is 18.9 Å². The summed E-state index contributed by atoms with van der Waals surface area (Å²) in [6.45, 7) is 3.07. The van der Waals surface area contributed by atoms with E-state index < -0.39 is 0 Å². The molecule has 0 aliphatic heterocycles. The average molecular weight is 246 g/mol. The van der Waals surface area contributed by atoms with Gasteiger partial charge in [-0.05, 0) is 12.5 Å². The third-order valence-electron chi connectivity index (χ3n) is 1.82. The van der Waals surface area contributed by atoms with Crippen molar-refractivity contribution in [1.82, 2.24) is 0 Å². The molecule has 0 saturated carbocycles. The summed E-state index contributed by atoms with van der Waals surface area (Å²) in [4.78, 5) is 0. The monoisotopic (exact) mass is 245 g/mol. The highest BCUT2D eigenvalue weighted by Gasteiger charge is 1.99. The Morgan fingerprint density at radius 2 is 2.23 bits per heavy atom. The van der Waals surface area contributed by atoms with Crippen LogP contribution in [0.25, 0.3) is 0 Å². The molecule has 0 aliphatic rings. The molecule has 0 fully saturated rings. The molecule has 0 aromatic carbocycles. The molecule has 0 radical (unpaired) electrons. The number of halogens is 1. The highest BCUT2D eigenvalue weighted by atomic mass is 79.9. The second-order valence-electron chi connectivity index (χ2n) is 2.92. The van der Waals surface area contributed by atoms with Crippen molar-refractivity contribution in [3.05, 3.63) is 30.1 Å². The second kappa shape index (κ2) is 7.04. The number of nitrogens with zero attached hydrogens (tertiary/aromatic N) is 1. The Kier molecular flexibility index (Phi) is 6.82. The molecule has 1 heterocycles. The molecule has 3 heteroatoms. The van der Waals surface area contributed by atoms with Crippen LogP contribution >= 0.6 is 0 Å². The van der Waals surface area contributed by atoms with Gasteiger partial charge in [0.15, 0.2) is 18.9 Å². The van der Waals surface area contributed by atoms with E-state index in [-0.39, 0.29) is 23.6 Å². The number of aryl methyl sites for hydroxylation is 1. The first kappa shape index (κ1) is 12.6. The molecule has 74 valence electrons. The van der Waals surface area contributed by atoms with E-state index in [0.717, 1.165) is 6.42 Å². The average Bonchev–Trinajstić information content (AvgIpc) is 2.06. The van der Waals surface area contributed by atoms with Gasteiger partial charge < -0.3 is 22.1 Å². The molecule has 0 atom stereocenters. The molecule has 1 aromatic heterocycles. The van der Waals surface area contributed by atoms with Crippen molar-refractivity contribution in [2.75, 3.05) is 6.61 Å². The largest absolute Gasteiger partial charge is 1.00 e. The van der Waals surface area contributed by atoms with Crippen molar-refractivity contribution in [2.24, 2.45) is 0 Å². The van der Waals surface area contributed by atoms with Crippen LogP contribution in [-0.2, 0) is 13.0 Å². The van der Waals surface area contributed by atoms with E-state index >= 15 is 0 Å². The van der Waals surface area contributed by atoms with E-state index in [1.807, 2.05) is 16.8 Å². The van der Waals surface area contributed by atoms with Gasteiger partial charge in [-0.1, -0.05) is 13.3 Å². The lowest BCUT2D eigenvalue weighted by molar-refractivity contribution is -0.698. The predicted molar refractivity (Wildman–Crippen MR) is 47.7 cm³/mol. The summed E-state index contributed by atoms with van der Waals surface area (Å²) in [5.74, 6) is 0. The summed E-state index contributed by atoms with van der Waals surface area (Å²) in [5.41, 5.74) is 1.34. The van der Waals surface area contributed by atoms with Crippen molar-refractivity contribution in [3.63, 3.8) is 0 Å². The van der Waals surface area contributed by atoms with Crippen molar-refractivity contribution < 1.29 is 26.7 Å². The Morgan fingerprint density at radius 1 is 1.46 bits per heavy atom. The number of aliphatic hydroxyl groups is 1. The maximum atomic E-state index is 8.72. The lowest BCUT2D eigenvalue weighted by atomic mass is 10.2. The summed E-state index contributed by atoms with van der Waals surface area (Å²) < 4.78 is 2.02. The van der Waals surface area contributed by atoms with Crippen LogP contribution in [0.2, 0.25) is 0 Å². The Morgan fingerprint density at radius 3 is 2.85 bits per heavy atom. The molecule has 0 saturated heterocycles. The number of hydrogen-bond donors (Lipinski definition) is 1. The van der Waals surface area contributed by atoms with E-state index in [2.05, 4.69) is 19.2 Å². The lowest BCUT2D eigenvalue weighted by Crippen LogP contribution is -3.00. The fraction of sp³-hybridized carbons (Fsp3) is 0.500. The fourth-order valence-corrected chi connectivity index (χ4v) is 1.27. The number of pyridine rings is 1. The van der Waals surface area contributed by atoms with Crippen molar-refractivity contribution >= 4 is 0 Å². The number of aromatic nitrogens is 1. The smallest absolute Gasteiger partial charge is 0.172 e. The predicted octanol–water partition coefficient (Wildman–Crippen LogP) is -2.08. The zero-order chi connectivity index (χ0) is 8.81. The highest BCUT2D eigenvalue weighted by molar-refractivity contribution is 5.04. The van der Waals surface area contributed by atoms with Gasteiger partial charge in [0.05, 0.1) is 0 Å². The van der Waals surface area contributed by atoms with Gasteiger partial charge in [0.2, 0.25) is 0 Å². The molecule has 1 N–H and O–H groups in total.